The Balaban J connectivity index is 1.61. The highest BCUT2D eigenvalue weighted by Gasteiger charge is 2.19. The van der Waals surface area contributed by atoms with Crippen LogP contribution in [0.4, 0.5) is 11.9 Å². The molecule has 1 N–H and O–H groups in total. The zero-order chi connectivity index (χ0) is 23.4. The quantitative estimate of drug-likeness (QED) is 0.529. The molecule has 0 spiro atoms. The highest BCUT2D eigenvalue weighted by Crippen LogP contribution is 2.26. The van der Waals surface area contributed by atoms with Gasteiger partial charge in [-0.1, -0.05) is 26.0 Å². The fourth-order valence-electron chi connectivity index (χ4n) is 3.96. The van der Waals surface area contributed by atoms with E-state index in [2.05, 4.69) is 47.1 Å². The number of likely N-dealkylation sites (N-methyl/N-ethyl adjacent to an activating group) is 1. The van der Waals surface area contributed by atoms with Gasteiger partial charge in [-0.2, -0.15) is 19.6 Å². The van der Waals surface area contributed by atoms with Crippen LogP contribution in [0.25, 0.3) is 5.65 Å². The lowest BCUT2D eigenvalue weighted by Gasteiger charge is -2.28. The maximum atomic E-state index is 5.46. The highest BCUT2D eigenvalue weighted by molar-refractivity contribution is 5.56. The second-order valence-electron chi connectivity index (χ2n) is 8.86. The van der Waals surface area contributed by atoms with Crippen LogP contribution in [-0.4, -0.2) is 78.0 Å². The Morgan fingerprint density at radius 2 is 1.97 bits per heavy atom. The maximum absolute atomic E-state index is 5.46. The fourth-order valence-corrected chi connectivity index (χ4v) is 3.96. The van der Waals surface area contributed by atoms with Crippen molar-refractivity contribution in [3.63, 3.8) is 0 Å². The Hall–Kier alpha value is -2.91. The predicted octanol–water partition coefficient (Wildman–Crippen LogP) is 3.20. The summed E-state index contributed by atoms with van der Waals surface area (Å²) >= 11 is 0. The Morgan fingerprint density at radius 1 is 1.18 bits per heavy atom. The van der Waals surface area contributed by atoms with Gasteiger partial charge in [0.25, 0.3) is 0 Å². The van der Waals surface area contributed by atoms with Gasteiger partial charge in [0.15, 0.2) is 5.65 Å². The molecule has 33 heavy (non-hydrogen) atoms. The van der Waals surface area contributed by atoms with Crippen molar-refractivity contribution < 1.29 is 9.47 Å². The number of methoxy groups -OCH3 is 1. The Bertz CT molecular complexity index is 1060. The Morgan fingerprint density at radius 3 is 2.70 bits per heavy atom. The summed E-state index contributed by atoms with van der Waals surface area (Å²) in [4.78, 5) is 14.3. The van der Waals surface area contributed by atoms with E-state index in [9.17, 15) is 0 Å². The van der Waals surface area contributed by atoms with E-state index in [1.165, 1.54) is 0 Å². The van der Waals surface area contributed by atoms with Gasteiger partial charge in [0.1, 0.15) is 5.75 Å². The third-order valence-electron chi connectivity index (χ3n) is 6.14. The second kappa shape index (κ2) is 10.4. The molecule has 4 rings (SSSR count). The molecule has 9 nitrogen and oxygen atoms in total. The van der Waals surface area contributed by atoms with E-state index >= 15 is 0 Å². The van der Waals surface area contributed by atoms with E-state index in [-0.39, 0.29) is 6.04 Å². The first-order chi connectivity index (χ1) is 16.0. The van der Waals surface area contributed by atoms with Crippen molar-refractivity contribution in [3.8, 4) is 5.75 Å². The molecule has 0 saturated carbocycles. The average molecular weight is 454 g/mol. The summed E-state index contributed by atoms with van der Waals surface area (Å²) in [5.74, 6) is 2.51. The van der Waals surface area contributed by atoms with Crippen molar-refractivity contribution >= 4 is 17.5 Å². The number of fused-ring (bicyclic) bond motifs is 1. The molecule has 1 saturated heterocycles. The largest absolute Gasteiger partial charge is 0.497 e. The van der Waals surface area contributed by atoms with Crippen LogP contribution in [0, 0.1) is 0 Å². The first-order valence-electron chi connectivity index (χ1n) is 11.6. The van der Waals surface area contributed by atoms with Gasteiger partial charge in [-0.3, -0.25) is 4.90 Å². The minimum atomic E-state index is 0.0106. The Labute approximate surface area is 195 Å². The molecule has 1 aromatic carbocycles. The molecular formula is C24H35N7O2. The number of nitrogens with one attached hydrogen (secondary N) is 1. The minimum Gasteiger partial charge on any atom is -0.497 e. The lowest BCUT2D eigenvalue weighted by atomic mass is 10.1. The number of rotatable bonds is 9. The van der Waals surface area contributed by atoms with Gasteiger partial charge in [0.05, 0.1) is 32.6 Å². The normalized spacial score (nSPS) is 15.7. The molecule has 0 amide bonds. The zero-order valence-electron chi connectivity index (χ0n) is 20.3. The molecule has 1 atom stereocenters. The molecule has 3 heterocycles. The molecular weight excluding hydrogens is 418 g/mol. The van der Waals surface area contributed by atoms with Crippen molar-refractivity contribution in [2.24, 2.45) is 0 Å². The topological polar surface area (TPSA) is 80.0 Å². The molecule has 0 aliphatic carbocycles. The summed E-state index contributed by atoms with van der Waals surface area (Å²) in [6.07, 6.45) is 1.90. The van der Waals surface area contributed by atoms with Gasteiger partial charge < -0.3 is 19.7 Å². The van der Waals surface area contributed by atoms with E-state index < -0.39 is 0 Å². The lowest BCUT2D eigenvalue weighted by molar-refractivity contribution is 0.0392. The first-order valence-corrected chi connectivity index (χ1v) is 11.6. The molecule has 1 aliphatic heterocycles. The number of morpholine rings is 1. The summed E-state index contributed by atoms with van der Waals surface area (Å²) < 4.78 is 12.7. The van der Waals surface area contributed by atoms with E-state index in [4.69, 9.17) is 19.4 Å². The molecule has 1 unspecified atom stereocenters. The van der Waals surface area contributed by atoms with Crippen LogP contribution in [0.5, 0.6) is 5.75 Å². The van der Waals surface area contributed by atoms with Gasteiger partial charge in [0, 0.05) is 38.8 Å². The van der Waals surface area contributed by atoms with E-state index in [0.29, 0.717) is 17.8 Å². The number of nitrogens with zero attached hydrogens (tertiary/aromatic N) is 6. The molecule has 3 aromatic rings. The molecule has 1 aliphatic rings. The van der Waals surface area contributed by atoms with Gasteiger partial charge in [0.2, 0.25) is 11.9 Å². The highest BCUT2D eigenvalue weighted by atomic mass is 16.5. The van der Waals surface area contributed by atoms with Crippen LogP contribution in [0.3, 0.4) is 0 Å². The van der Waals surface area contributed by atoms with E-state index in [0.717, 1.165) is 61.9 Å². The van der Waals surface area contributed by atoms with Crippen LogP contribution in [0.1, 0.15) is 43.9 Å². The number of benzene rings is 1. The van der Waals surface area contributed by atoms with Crippen molar-refractivity contribution in [2.75, 3.05) is 63.8 Å². The van der Waals surface area contributed by atoms with Gasteiger partial charge >= 0.3 is 0 Å². The maximum Gasteiger partial charge on any atom is 0.230 e. The number of anilines is 2. The number of hydrogen-bond acceptors (Lipinski definition) is 8. The van der Waals surface area contributed by atoms with Crippen LogP contribution in [0.2, 0.25) is 0 Å². The SMILES string of the molecule is COc1cccc(C(C)Nc2nc(N(C)CCN3CCOCC3)nc3c(C(C)C)cnn23)c1. The summed E-state index contributed by atoms with van der Waals surface area (Å²) in [6.45, 7) is 11.8. The van der Waals surface area contributed by atoms with Gasteiger partial charge in [-0.05, 0) is 30.5 Å². The number of aromatic nitrogens is 4. The van der Waals surface area contributed by atoms with Gasteiger partial charge in [-0.25, -0.2) is 0 Å². The summed E-state index contributed by atoms with van der Waals surface area (Å²) in [5.41, 5.74) is 3.06. The predicted molar refractivity (Wildman–Crippen MR) is 130 cm³/mol. The molecule has 178 valence electrons. The average Bonchev–Trinajstić information content (AvgIpc) is 3.28. The standard InChI is InChI=1S/C24H35N7O2/c1-17(2)21-16-25-31-22(21)27-23(29(4)9-10-30-11-13-33-14-12-30)28-24(31)26-18(3)19-7-6-8-20(15-19)32-5/h6-8,15-18H,9-14H2,1-5H3,(H,26,27,28). The smallest absolute Gasteiger partial charge is 0.230 e. The van der Waals surface area contributed by atoms with Crippen molar-refractivity contribution in [3.05, 3.63) is 41.6 Å². The Kier molecular flexibility index (Phi) is 7.29. The fraction of sp³-hybridized carbons (Fsp3) is 0.542. The summed E-state index contributed by atoms with van der Waals surface area (Å²) in [5, 5.41) is 8.15. The number of hydrogen-bond donors (Lipinski definition) is 1. The van der Waals surface area contributed by atoms with Crippen LogP contribution < -0.4 is 15.0 Å². The molecule has 9 heteroatoms. The third-order valence-corrected chi connectivity index (χ3v) is 6.14. The van der Waals surface area contributed by atoms with Crippen molar-refractivity contribution in [1.29, 1.82) is 0 Å². The van der Waals surface area contributed by atoms with E-state index in [1.54, 1.807) is 7.11 Å². The third kappa shape index (κ3) is 5.36. The van der Waals surface area contributed by atoms with Gasteiger partial charge in [-0.15, -0.1) is 0 Å². The zero-order valence-corrected chi connectivity index (χ0v) is 20.3. The molecule has 0 bridgehead atoms. The second-order valence-corrected chi connectivity index (χ2v) is 8.86. The van der Waals surface area contributed by atoms with Crippen molar-refractivity contribution in [2.45, 2.75) is 32.7 Å². The first kappa shape index (κ1) is 23.3. The van der Waals surface area contributed by atoms with Crippen LogP contribution >= 0.6 is 0 Å². The minimum absolute atomic E-state index is 0.0106. The molecule has 1 fully saturated rings. The molecule has 0 radical (unpaired) electrons. The summed E-state index contributed by atoms with van der Waals surface area (Å²) in [7, 11) is 3.73. The monoisotopic (exact) mass is 453 g/mol. The lowest BCUT2D eigenvalue weighted by Crippen LogP contribution is -2.41. The number of ether oxygens (including phenoxy) is 2. The van der Waals surface area contributed by atoms with Crippen LogP contribution in [0.15, 0.2) is 30.5 Å². The van der Waals surface area contributed by atoms with E-state index in [1.807, 2.05) is 36.0 Å². The summed E-state index contributed by atoms with van der Waals surface area (Å²) in [6, 6.07) is 8.07. The van der Waals surface area contributed by atoms with Crippen LogP contribution in [-0.2, 0) is 4.74 Å². The molecule has 2 aromatic heterocycles. The van der Waals surface area contributed by atoms with Crippen molar-refractivity contribution in [1.82, 2.24) is 24.5 Å².